The van der Waals surface area contributed by atoms with E-state index in [2.05, 4.69) is 33.8 Å². The summed E-state index contributed by atoms with van der Waals surface area (Å²) in [4.78, 5) is 36.1. The van der Waals surface area contributed by atoms with Gasteiger partial charge < -0.3 is 30.1 Å². The Morgan fingerprint density at radius 1 is 0.586 bits per heavy atom. The fourth-order valence-electron chi connectivity index (χ4n) is 8.46. The van der Waals surface area contributed by atoms with Crippen molar-refractivity contribution in [3.63, 3.8) is 0 Å². The van der Waals surface area contributed by atoms with Crippen LogP contribution in [0.15, 0.2) is 56.4 Å². The number of carbonyl (C=O) groups is 2. The zero-order chi connectivity index (χ0) is 42.0. The van der Waals surface area contributed by atoms with E-state index in [4.69, 9.17) is 20.3 Å². The number of hydrogen-bond acceptors (Lipinski definition) is 7. The van der Waals surface area contributed by atoms with Crippen LogP contribution in [0.4, 0.5) is 0 Å². The van der Waals surface area contributed by atoms with Crippen LogP contribution in [0, 0.1) is 11.8 Å². The van der Waals surface area contributed by atoms with Gasteiger partial charge in [0.2, 0.25) is 0 Å². The Bertz CT molecular complexity index is 1860. The minimum Gasteiger partial charge on any atom is -0.458 e. The molecule has 0 aliphatic carbocycles. The van der Waals surface area contributed by atoms with E-state index in [9.17, 15) is 0 Å². The van der Waals surface area contributed by atoms with E-state index >= 15 is 9.59 Å². The molecule has 0 aromatic carbocycles. The summed E-state index contributed by atoms with van der Waals surface area (Å²) in [5, 5.41) is 0. The van der Waals surface area contributed by atoms with Crippen LogP contribution in [0.25, 0.3) is 22.0 Å². The largest absolute Gasteiger partial charge is 0.458 e. The van der Waals surface area contributed by atoms with Crippen molar-refractivity contribution in [3.8, 4) is 10.6 Å². The summed E-state index contributed by atoms with van der Waals surface area (Å²) >= 11 is 1.61. The summed E-state index contributed by atoms with van der Waals surface area (Å²) < 4.78 is 13.2. The molecule has 58 heavy (non-hydrogen) atoms. The van der Waals surface area contributed by atoms with Gasteiger partial charge in [0.05, 0.1) is 21.6 Å². The maximum absolute atomic E-state index is 15.3. The third-order valence-corrected chi connectivity index (χ3v) is 13.3. The van der Waals surface area contributed by atoms with Crippen molar-refractivity contribution in [3.05, 3.63) is 69.7 Å². The second-order valence-electron chi connectivity index (χ2n) is 18.4. The number of unbranched alkanes of at least 4 members (excludes halogenated alkanes) is 11. The molecule has 2 aliphatic rings. The van der Waals surface area contributed by atoms with E-state index in [1.165, 1.54) is 70.6 Å². The van der Waals surface area contributed by atoms with E-state index in [1.54, 1.807) is 11.3 Å². The van der Waals surface area contributed by atoms with Gasteiger partial charge in [-0.25, -0.2) is 0 Å². The van der Waals surface area contributed by atoms with E-state index < -0.39 is 11.1 Å². The van der Waals surface area contributed by atoms with Gasteiger partial charge in [-0.2, -0.15) is 0 Å². The molecule has 0 fully saturated rings. The van der Waals surface area contributed by atoms with Gasteiger partial charge >= 0.3 is 0 Å². The molecule has 9 heteroatoms. The highest BCUT2D eigenvalue weighted by Gasteiger charge is 2.51. The third-order valence-electron chi connectivity index (χ3n) is 11.9. The molecule has 0 saturated heterocycles. The molecule has 0 spiro atoms. The zero-order valence-electron chi connectivity index (χ0n) is 37.1. The number of furan rings is 2. The first-order valence-corrected chi connectivity index (χ1v) is 23.5. The van der Waals surface area contributed by atoms with Crippen molar-refractivity contribution in [2.45, 2.75) is 176 Å². The Morgan fingerprint density at radius 3 is 1.60 bits per heavy atom. The van der Waals surface area contributed by atoms with Crippen LogP contribution in [-0.2, 0) is 20.7 Å². The number of amides is 2. The minimum absolute atomic E-state index is 0.154. The number of rotatable bonds is 26. The van der Waals surface area contributed by atoms with Gasteiger partial charge in [-0.15, -0.1) is 11.3 Å². The number of carbonyl (C=O) groups excluding carboxylic acids is 2. The molecule has 0 radical (unpaired) electrons. The molecule has 3 aromatic heterocycles. The fourth-order valence-corrected chi connectivity index (χ4v) is 9.45. The standard InChI is InChI=1S/C49H74N4O4S/c1-9-12-15-18-19-22-25-35(24-21-17-14-11-3)33-53-44(37-27-26-36(56-37)39-29-31-41(58-39)49(7,8)51)42-43(47(53)55)45(38-28-30-40(57-38)48(5,6)50)52(46(42)54)32-34(4)23-20-16-13-10-2/h26-31,34-35H,9-25,32-33,50-51H2,1-8H3. The molecule has 2 amide bonds. The molecule has 2 unspecified atom stereocenters. The lowest BCUT2D eigenvalue weighted by atomic mass is 9.93. The lowest BCUT2D eigenvalue weighted by molar-refractivity contribution is -0.124. The van der Waals surface area contributed by atoms with Gasteiger partial charge in [0.1, 0.15) is 22.9 Å². The van der Waals surface area contributed by atoms with Crippen LogP contribution in [0.2, 0.25) is 0 Å². The quantitative estimate of drug-likeness (QED) is 0.0779. The third kappa shape index (κ3) is 11.2. The smallest absolute Gasteiger partial charge is 0.261 e. The second-order valence-corrected chi connectivity index (χ2v) is 19.5. The Balaban J connectivity index is 1.60. The van der Waals surface area contributed by atoms with Gasteiger partial charge in [-0.3, -0.25) is 9.59 Å². The van der Waals surface area contributed by atoms with Gasteiger partial charge in [0.25, 0.3) is 11.8 Å². The van der Waals surface area contributed by atoms with Gasteiger partial charge in [0.15, 0.2) is 11.5 Å². The SMILES string of the molecule is CCCCCCCCC(CCCCCC)CN1C(=O)C2=C(c3ccc(C(C)(C)N)o3)N(CC(C)CCCCCC)C(=O)C2=C1c1ccc(-c2ccc(C(C)(C)N)s2)o1. The van der Waals surface area contributed by atoms with Crippen molar-refractivity contribution in [2.24, 2.45) is 23.3 Å². The molecular weight excluding hydrogens is 741 g/mol. The van der Waals surface area contributed by atoms with E-state index in [-0.39, 0.29) is 17.7 Å². The summed E-state index contributed by atoms with van der Waals surface area (Å²) in [7, 11) is 0. The Labute approximate surface area is 353 Å². The maximum Gasteiger partial charge on any atom is 0.261 e. The van der Waals surface area contributed by atoms with Crippen molar-refractivity contribution in [1.29, 1.82) is 0 Å². The van der Waals surface area contributed by atoms with Gasteiger partial charge in [-0.05, 0) is 95.2 Å². The number of nitrogens with zero attached hydrogens (tertiary/aromatic N) is 2. The predicted octanol–water partition coefficient (Wildman–Crippen LogP) is 12.7. The Kier molecular flexibility index (Phi) is 16.3. The van der Waals surface area contributed by atoms with E-state index in [1.807, 2.05) is 67.8 Å². The molecular formula is C49H74N4O4S. The first-order chi connectivity index (χ1) is 27.7. The molecule has 5 rings (SSSR count). The number of thiophene rings is 1. The second kappa shape index (κ2) is 20.7. The molecule has 320 valence electrons. The molecule has 0 bridgehead atoms. The summed E-state index contributed by atoms with van der Waals surface area (Å²) in [6, 6.07) is 11.7. The van der Waals surface area contributed by atoms with Gasteiger partial charge in [0, 0.05) is 23.5 Å². The Hall–Kier alpha value is -3.40. The number of hydrogen-bond donors (Lipinski definition) is 2. The summed E-state index contributed by atoms with van der Waals surface area (Å²) in [6.07, 6.45) is 19.8. The predicted molar refractivity (Wildman–Crippen MR) is 241 cm³/mol. The molecule has 8 nitrogen and oxygen atoms in total. The van der Waals surface area contributed by atoms with Gasteiger partial charge in [-0.1, -0.05) is 118 Å². The van der Waals surface area contributed by atoms with Crippen molar-refractivity contribution in [2.75, 3.05) is 13.1 Å². The number of fused-ring (bicyclic) bond motifs is 1. The molecule has 4 N–H and O–H groups in total. The van der Waals surface area contributed by atoms with E-state index in [0.29, 0.717) is 64.6 Å². The zero-order valence-corrected chi connectivity index (χ0v) is 38.0. The summed E-state index contributed by atoms with van der Waals surface area (Å²) in [5.74, 6) is 2.54. The van der Waals surface area contributed by atoms with Crippen LogP contribution >= 0.6 is 11.3 Å². The number of nitrogens with two attached hydrogens (primary N) is 2. The maximum atomic E-state index is 15.3. The normalized spacial score (nSPS) is 16.1. The highest BCUT2D eigenvalue weighted by atomic mass is 32.1. The van der Waals surface area contributed by atoms with Crippen molar-refractivity contribution >= 4 is 34.5 Å². The average molecular weight is 815 g/mol. The lowest BCUT2D eigenvalue weighted by Crippen LogP contribution is -2.34. The molecule has 3 aromatic rings. The first-order valence-electron chi connectivity index (χ1n) is 22.7. The monoisotopic (exact) mass is 815 g/mol. The van der Waals surface area contributed by atoms with Crippen molar-refractivity contribution in [1.82, 2.24) is 9.80 Å². The molecule has 0 saturated carbocycles. The molecule has 2 aliphatic heterocycles. The highest BCUT2D eigenvalue weighted by Crippen LogP contribution is 2.49. The molecule has 5 heterocycles. The average Bonchev–Trinajstić information content (AvgIpc) is 4.01. The van der Waals surface area contributed by atoms with Crippen LogP contribution in [0.5, 0.6) is 0 Å². The summed E-state index contributed by atoms with van der Waals surface area (Å²) in [6.45, 7) is 17.8. The summed E-state index contributed by atoms with van der Waals surface area (Å²) in [5.41, 5.74) is 13.7. The van der Waals surface area contributed by atoms with Crippen LogP contribution in [-0.4, -0.2) is 34.7 Å². The highest BCUT2D eigenvalue weighted by molar-refractivity contribution is 7.15. The van der Waals surface area contributed by atoms with E-state index in [0.717, 1.165) is 48.3 Å². The van der Waals surface area contributed by atoms with Crippen molar-refractivity contribution < 1.29 is 18.4 Å². The fraction of sp³-hybridized carbons (Fsp3) is 0.633. The lowest BCUT2D eigenvalue weighted by Gasteiger charge is -2.28. The minimum atomic E-state index is -0.730. The molecule has 2 atom stereocenters. The topological polar surface area (TPSA) is 119 Å². The van der Waals surface area contributed by atoms with Crippen LogP contribution in [0.3, 0.4) is 0 Å². The van der Waals surface area contributed by atoms with Crippen LogP contribution < -0.4 is 11.5 Å². The first kappa shape index (κ1) is 45.7. The van der Waals surface area contributed by atoms with Crippen LogP contribution in [0.1, 0.15) is 187 Å². The Morgan fingerprint density at radius 2 is 1.07 bits per heavy atom.